The fourth-order valence-electron chi connectivity index (χ4n) is 7.55. The van der Waals surface area contributed by atoms with Crippen LogP contribution < -0.4 is 4.90 Å². The largest absolute Gasteiger partial charge is 0.310 e. The molecule has 196 valence electrons. The summed E-state index contributed by atoms with van der Waals surface area (Å²) < 4.78 is 0. The quantitative estimate of drug-likeness (QED) is 0.218. The molecule has 0 aromatic heterocycles. The number of benzene rings is 7. The van der Waals surface area contributed by atoms with Gasteiger partial charge < -0.3 is 4.90 Å². The van der Waals surface area contributed by atoms with Crippen molar-refractivity contribution >= 4 is 27.8 Å². The van der Waals surface area contributed by atoms with Gasteiger partial charge in [-0.05, 0) is 104 Å². The van der Waals surface area contributed by atoms with E-state index in [-0.39, 0.29) is 0 Å². The number of rotatable bonds is 3. The maximum Gasteiger partial charge on any atom is 0.0726 e. The van der Waals surface area contributed by atoms with E-state index in [1.54, 1.807) is 0 Å². The fourth-order valence-corrected chi connectivity index (χ4v) is 7.55. The van der Waals surface area contributed by atoms with Crippen LogP contribution in [0, 0.1) is 0 Å². The minimum absolute atomic E-state index is 0.392. The molecule has 0 heterocycles. The van der Waals surface area contributed by atoms with Crippen molar-refractivity contribution in [3.63, 3.8) is 0 Å². The Bertz CT molecular complexity index is 2060. The molecule has 0 radical (unpaired) electrons. The predicted molar refractivity (Wildman–Crippen MR) is 175 cm³/mol. The molecule has 1 spiro atoms. The lowest BCUT2D eigenvalue weighted by atomic mass is 9.70. The van der Waals surface area contributed by atoms with Crippen LogP contribution in [0.4, 0.5) is 17.1 Å². The molecule has 2 aliphatic carbocycles. The van der Waals surface area contributed by atoms with Gasteiger partial charge in [0.15, 0.2) is 0 Å². The molecule has 1 nitrogen and oxygen atoms in total. The third-order valence-corrected chi connectivity index (χ3v) is 9.23. The second kappa shape index (κ2) is 8.80. The summed E-state index contributed by atoms with van der Waals surface area (Å²) in [5.41, 5.74) is 13.8. The molecule has 0 saturated heterocycles. The van der Waals surface area contributed by atoms with Crippen LogP contribution >= 0.6 is 0 Å². The van der Waals surface area contributed by atoms with Gasteiger partial charge in [0.2, 0.25) is 0 Å². The molecule has 42 heavy (non-hydrogen) atoms. The minimum Gasteiger partial charge on any atom is -0.310 e. The molecule has 0 amide bonds. The molecule has 2 aliphatic rings. The standard InChI is InChI=1S/C41H27N/c1-3-15-30(16-4-1)42(31-17-5-2-6-18-31)32-23-24-35-36-25-28-13-7-8-14-29(28)26-39(36)41(40(35)27-32)37-21-11-9-19-33(37)34-20-10-12-22-38(34)41/h1-27H. The maximum atomic E-state index is 2.46. The zero-order valence-corrected chi connectivity index (χ0v) is 23.0. The lowest BCUT2D eigenvalue weighted by Crippen LogP contribution is -2.26. The molecule has 0 saturated carbocycles. The second-order valence-electron chi connectivity index (χ2n) is 11.3. The maximum absolute atomic E-state index is 2.46. The first-order chi connectivity index (χ1) is 20.8. The average Bonchev–Trinajstić information content (AvgIpc) is 3.51. The summed E-state index contributed by atoms with van der Waals surface area (Å²) in [6, 6.07) is 60.2. The van der Waals surface area contributed by atoms with Crippen LogP contribution in [0.3, 0.4) is 0 Å². The highest BCUT2D eigenvalue weighted by Crippen LogP contribution is 2.63. The number of hydrogen-bond donors (Lipinski definition) is 0. The number of para-hydroxylation sites is 2. The summed E-state index contributed by atoms with van der Waals surface area (Å²) >= 11 is 0. The number of nitrogens with zero attached hydrogens (tertiary/aromatic N) is 1. The van der Waals surface area contributed by atoms with E-state index in [9.17, 15) is 0 Å². The molecular weight excluding hydrogens is 506 g/mol. The lowest BCUT2D eigenvalue weighted by molar-refractivity contribution is 0.795. The Morgan fingerprint density at radius 2 is 0.786 bits per heavy atom. The highest BCUT2D eigenvalue weighted by atomic mass is 15.1. The van der Waals surface area contributed by atoms with E-state index in [0.29, 0.717) is 0 Å². The molecule has 0 unspecified atom stereocenters. The van der Waals surface area contributed by atoms with Crippen molar-refractivity contribution in [3.05, 3.63) is 186 Å². The lowest BCUT2D eigenvalue weighted by Gasteiger charge is -2.32. The van der Waals surface area contributed by atoms with Gasteiger partial charge in [0.05, 0.1) is 5.41 Å². The SMILES string of the molecule is c1ccc(N(c2ccccc2)c2ccc3c(c2)C2(c4ccccc4-c4ccccc42)c2cc4ccccc4cc2-3)cc1. The molecule has 0 aliphatic heterocycles. The molecular formula is C41H27N. The third-order valence-electron chi connectivity index (χ3n) is 9.23. The number of hydrogen-bond acceptors (Lipinski definition) is 1. The summed E-state index contributed by atoms with van der Waals surface area (Å²) in [5.74, 6) is 0. The molecule has 0 bridgehead atoms. The Morgan fingerprint density at radius 1 is 0.310 bits per heavy atom. The number of fused-ring (bicyclic) bond motifs is 11. The van der Waals surface area contributed by atoms with Crippen LogP contribution in [-0.2, 0) is 5.41 Å². The van der Waals surface area contributed by atoms with Gasteiger partial charge in [0.1, 0.15) is 0 Å². The van der Waals surface area contributed by atoms with Crippen LogP contribution in [0.25, 0.3) is 33.0 Å². The summed E-state index contributed by atoms with van der Waals surface area (Å²) in [6.45, 7) is 0. The fraction of sp³-hybridized carbons (Fsp3) is 0.0244. The first-order valence-electron chi connectivity index (χ1n) is 14.6. The first-order valence-corrected chi connectivity index (χ1v) is 14.6. The van der Waals surface area contributed by atoms with Crippen molar-refractivity contribution in [2.45, 2.75) is 5.41 Å². The van der Waals surface area contributed by atoms with Crippen molar-refractivity contribution in [2.24, 2.45) is 0 Å². The van der Waals surface area contributed by atoms with Crippen molar-refractivity contribution in [1.82, 2.24) is 0 Å². The zero-order valence-electron chi connectivity index (χ0n) is 23.0. The molecule has 1 heteroatoms. The molecule has 0 atom stereocenters. The van der Waals surface area contributed by atoms with Crippen molar-refractivity contribution in [1.29, 1.82) is 0 Å². The van der Waals surface area contributed by atoms with Crippen LogP contribution in [0.5, 0.6) is 0 Å². The molecule has 7 aromatic carbocycles. The van der Waals surface area contributed by atoms with E-state index in [2.05, 4.69) is 169 Å². The Labute approximate surface area is 246 Å². The minimum atomic E-state index is -0.392. The molecule has 0 N–H and O–H groups in total. The van der Waals surface area contributed by atoms with E-state index in [0.717, 1.165) is 17.1 Å². The van der Waals surface area contributed by atoms with Crippen LogP contribution in [-0.4, -0.2) is 0 Å². The highest BCUT2D eigenvalue weighted by molar-refractivity contribution is 6.00. The van der Waals surface area contributed by atoms with Crippen molar-refractivity contribution in [3.8, 4) is 22.3 Å². The topological polar surface area (TPSA) is 3.24 Å². The summed E-state index contributed by atoms with van der Waals surface area (Å²) in [7, 11) is 0. The van der Waals surface area contributed by atoms with Gasteiger partial charge in [-0.25, -0.2) is 0 Å². The van der Waals surface area contributed by atoms with Gasteiger partial charge in [0.25, 0.3) is 0 Å². The molecule has 9 rings (SSSR count). The highest BCUT2D eigenvalue weighted by Gasteiger charge is 2.51. The number of anilines is 3. The van der Waals surface area contributed by atoms with Crippen LogP contribution in [0.2, 0.25) is 0 Å². The van der Waals surface area contributed by atoms with Gasteiger partial charge in [-0.3, -0.25) is 0 Å². The van der Waals surface area contributed by atoms with E-state index < -0.39 is 5.41 Å². The zero-order chi connectivity index (χ0) is 27.7. The van der Waals surface area contributed by atoms with Crippen LogP contribution in [0.15, 0.2) is 164 Å². The van der Waals surface area contributed by atoms with Gasteiger partial charge in [-0.1, -0.05) is 115 Å². The Kier molecular flexibility index (Phi) is 4.88. The normalized spacial score (nSPS) is 13.4. The smallest absolute Gasteiger partial charge is 0.0726 e. The monoisotopic (exact) mass is 533 g/mol. The van der Waals surface area contributed by atoms with Crippen molar-refractivity contribution in [2.75, 3.05) is 4.90 Å². The second-order valence-corrected chi connectivity index (χ2v) is 11.3. The summed E-state index contributed by atoms with van der Waals surface area (Å²) in [4.78, 5) is 2.38. The Balaban J connectivity index is 1.40. The summed E-state index contributed by atoms with van der Waals surface area (Å²) in [6.07, 6.45) is 0. The van der Waals surface area contributed by atoms with Gasteiger partial charge >= 0.3 is 0 Å². The predicted octanol–water partition coefficient (Wildman–Crippen LogP) is 10.7. The average molecular weight is 534 g/mol. The summed E-state index contributed by atoms with van der Waals surface area (Å²) in [5, 5.41) is 2.55. The third kappa shape index (κ3) is 3.08. The van der Waals surface area contributed by atoms with Gasteiger partial charge in [0, 0.05) is 17.1 Å². The van der Waals surface area contributed by atoms with Crippen LogP contribution in [0.1, 0.15) is 22.3 Å². The van der Waals surface area contributed by atoms with E-state index in [4.69, 9.17) is 0 Å². The molecule has 0 fully saturated rings. The Hall–Kier alpha value is -5.40. The first kappa shape index (κ1) is 23.3. The van der Waals surface area contributed by atoms with E-state index in [1.807, 2.05) is 0 Å². The van der Waals surface area contributed by atoms with Gasteiger partial charge in [-0.2, -0.15) is 0 Å². The Morgan fingerprint density at radius 3 is 1.40 bits per heavy atom. The molecule has 7 aromatic rings. The van der Waals surface area contributed by atoms with Gasteiger partial charge in [-0.15, -0.1) is 0 Å². The van der Waals surface area contributed by atoms with E-state index >= 15 is 0 Å². The van der Waals surface area contributed by atoms with E-state index in [1.165, 1.54) is 55.3 Å². The van der Waals surface area contributed by atoms with Crippen molar-refractivity contribution < 1.29 is 0 Å².